The van der Waals surface area contributed by atoms with Gasteiger partial charge in [-0.15, -0.1) is 0 Å². The minimum absolute atomic E-state index is 0.485. The Morgan fingerprint density at radius 3 is 1.97 bits per heavy atom. The molecule has 14 heteroatoms. The van der Waals surface area contributed by atoms with E-state index in [1.807, 2.05) is 0 Å². The fraction of sp³-hybridized carbons (Fsp3) is 1.00. The molecule has 3 saturated heterocycles. The molecular formula is C21H38O14. The Hall–Kier alpha value is -0.560. The van der Waals surface area contributed by atoms with Crippen molar-refractivity contribution in [1.29, 1.82) is 0 Å². The van der Waals surface area contributed by atoms with Crippen LogP contribution in [0.2, 0.25) is 0 Å². The lowest BCUT2D eigenvalue weighted by molar-refractivity contribution is -0.329. The van der Waals surface area contributed by atoms with Gasteiger partial charge in [-0.2, -0.15) is 0 Å². The predicted octanol–water partition coefficient (Wildman–Crippen LogP) is -4.57. The van der Waals surface area contributed by atoms with Gasteiger partial charge in [0.05, 0.1) is 32.0 Å². The lowest BCUT2D eigenvalue weighted by Crippen LogP contribution is -2.59. The van der Waals surface area contributed by atoms with Crippen molar-refractivity contribution in [3.05, 3.63) is 0 Å². The standard InChI is InChI=1S/C21H38O14/c1-7-16(33-21-15(29)14(28)18(34-21)11(6-24)30-3)13(27)10(5-23)32-20(7)35-19-12(26)8(2)31-17(19)9(25)4-22/h7-29H,4-6H2,1-3H3/t7?,8-,9-,10?,11-,12-,13-,14?,15+,16-,17+,18+,19?,20+,21-/m1/s1. The maximum atomic E-state index is 10.8. The fourth-order valence-electron chi connectivity index (χ4n) is 4.72. The van der Waals surface area contributed by atoms with Gasteiger partial charge in [0.25, 0.3) is 0 Å². The molecule has 0 bridgehead atoms. The zero-order chi connectivity index (χ0) is 26.0. The largest absolute Gasteiger partial charge is 0.394 e. The molecule has 0 aromatic heterocycles. The number of aliphatic hydroxyl groups excluding tert-OH is 8. The van der Waals surface area contributed by atoms with E-state index in [1.165, 1.54) is 7.11 Å². The summed E-state index contributed by atoms with van der Waals surface area (Å²) in [4.78, 5) is 0. The van der Waals surface area contributed by atoms with Crippen molar-refractivity contribution >= 4 is 0 Å². The summed E-state index contributed by atoms with van der Waals surface area (Å²) in [6.45, 7) is 1.43. The van der Waals surface area contributed by atoms with Crippen molar-refractivity contribution in [2.45, 2.75) is 99.7 Å². The van der Waals surface area contributed by atoms with Crippen molar-refractivity contribution in [2.75, 3.05) is 26.9 Å². The highest BCUT2D eigenvalue weighted by Crippen LogP contribution is 2.36. The first-order chi connectivity index (χ1) is 16.6. The maximum Gasteiger partial charge on any atom is 0.187 e. The van der Waals surface area contributed by atoms with Gasteiger partial charge in [-0.1, -0.05) is 6.92 Å². The van der Waals surface area contributed by atoms with Gasteiger partial charge >= 0.3 is 0 Å². The second-order valence-corrected chi connectivity index (χ2v) is 9.23. The predicted molar refractivity (Wildman–Crippen MR) is 113 cm³/mol. The second-order valence-electron chi connectivity index (χ2n) is 9.23. The highest BCUT2D eigenvalue weighted by Gasteiger charge is 2.53. The summed E-state index contributed by atoms with van der Waals surface area (Å²) >= 11 is 0. The van der Waals surface area contributed by atoms with Crippen LogP contribution in [-0.2, 0) is 28.4 Å². The minimum atomic E-state index is -1.53. The highest BCUT2D eigenvalue weighted by molar-refractivity contribution is 4.97. The lowest BCUT2D eigenvalue weighted by Gasteiger charge is -2.44. The van der Waals surface area contributed by atoms with Crippen molar-refractivity contribution in [3.8, 4) is 0 Å². The Balaban J connectivity index is 1.76. The lowest BCUT2D eigenvalue weighted by atomic mass is 9.91. The van der Waals surface area contributed by atoms with Crippen LogP contribution >= 0.6 is 0 Å². The van der Waals surface area contributed by atoms with E-state index in [1.54, 1.807) is 13.8 Å². The zero-order valence-corrected chi connectivity index (χ0v) is 19.8. The average molecular weight is 515 g/mol. The van der Waals surface area contributed by atoms with Gasteiger partial charge in [-0.3, -0.25) is 0 Å². The van der Waals surface area contributed by atoms with Crippen LogP contribution in [0, 0.1) is 5.92 Å². The Labute approximate surface area is 202 Å². The molecular weight excluding hydrogens is 476 g/mol. The number of rotatable bonds is 10. The van der Waals surface area contributed by atoms with Crippen LogP contribution in [0.3, 0.4) is 0 Å². The first-order valence-corrected chi connectivity index (χ1v) is 11.6. The van der Waals surface area contributed by atoms with Gasteiger partial charge < -0.3 is 69.3 Å². The molecule has 206 valence electrons. The Morgan fingerprint density at radius 1 is 0.743 bits per heavy atom. The number of hydrogen-bond acceptors (Lipinski definition) is 14. The van der Waals surface area contributed by atoms with E-state index in [0.717, 1.165) is 0 Å². The molecule has 4 unspecified atom stereocenters. The van der Waals surface area contributed by atoms with Gasteiger partial charge in [0.15, 0.2) is 12.6 Å². The molecule has 0 spiro atoms. The van der Waals surface area contributed by atoms with E-state index >= 15 is 0 Å². The molecule has 3 heterocycles. The van der Waals surface area contributed by atoms with Crippen molar-refractivity contribution in [3.63, 3.8) is 0 Å². The number of methoxy groups -OCH3 is 1. The zero-order valence-electron chi connectivity index (χ0n) is 19.8. The molecule has 0 amide bonds. The van der Waals surface area contributed by atoms with E-state index in [2.05, 4.69) is 0 Å². The van der Waals surface area contributed by atoms with Crippen LogP contribution < -0.4 is 0 Å². The molecule has 3 fully saturated rings. The highest BCUT2D eigenvalue weighted by atomic mass is 16.7. The van der Waals surface area contributed by atoms with E-state index in [4.69, 9.17) is 28.4 Å². The van der Waals surface area contributed by atoms with Crippen molar-refractivity contribution in [2.24, 2.45) is 5.92 Å². The molecule has 0 aromatic carbocycles. The molecule has 3 rings (SSSR count). The summed E-state index contributed by atoms with van der Waals surface area (Å²) < 4.78 is 33.6. The summed E-state index contributed by atoms with van der Waals surface area (Å²) in [5, 5.41) is 80.7. The van der Waals surface area contributed by atoms with E-state index in [9.17, 15) is 40.9 Å². The van der Waals surface area contributed by atoms with Crippen LogP contribution in [0.1, 0.15) is 13.8 Å². The van der Waals surface area contributed by atoms with Gasteiger partial charge in [0, 0.05) is 13.0 Å². The third-order valence-corrected chi connectivity index (χ3v) is 6.92. The molecule has 0 aromatic rings. The SMILES string of the molecule is CO[C@H](CO)[C@@H]1O[C@@H](O[C@@H]2C(C)[C@H](OC3[C@H]([C@H](O)CO)O[C@H](C)[C@H]3O)OC(CO)[C@H]2O)[C@@H](O)C1O. The number of ether oxygens (including phenoxy) is 6. The summed E-state index contributed by atoms with van der Waals surface area (Å²) in [5.74, 6) is -0.772. The molecule has 0 radical (unpaired) electrons. The first kappa shape index (κ1) is 29.0. The van der Waals surface area contributed by atoms with Gasteiger partial charge in [-0.25, -0.2) is 0 Å². The maximum absolute atomic E-state index is 10.8. The van der Waals surface area contributed by atoms with Gasteiger partial charge in [0.2, 0.25) is 0 Å². The smallest absolute Gasteiger partial charge is 0.187 e. The van der Waals surface area contributed by atoms with Crippen LogP contribution in [0.5, 0.6) is 0 Å². The minimum Gasteiger partial charge on any atom is -0.394 e. The Bertz CT molecular complexity index is 652. The van der Waals surface area contributed by atoms with Crippen LogP contribution in [-0.4, -0.2) is 154 Å². The Kier molecular flexibility index (Phi) is 10.2. The monoisotopic (exact) mass is 514 g/mol. The number of hydrogen-bond donors (Lipinski definition) is 8. The molecule has 0 saturated carbocycles. The molecule has 14 nitrogen and oxygen atoms in total. The third-order valence-electron chi connectivity index (χ3n) is 6.92. The van der Waals surface area contributed by atoms with Crippen molar-refractivity contribution in [1.82, 2.24) is 0 Å². The first-order valence-electron chi connectivity index (χ1n) is 11.6. The summed E-state index contributed by atoms with van der Waals surface area (Å²) in [5.41, 5.74) is 0. The van der Waals surface area contributed by atoms with E-state index < -0.39 is 112 Å². The summed E-state index contributed by atoms with van der Waals surface area (Å²) in [6.07, 6.45) is -16.7. The molecule has 15 atom stereocenters. The van der Waals surface area contributed by atoms with Gasteiger partial charge in [-0.05, 0) is 6.92 Å². The quantitative estimate of drug-likeness (QED) is 0.138. The molecule has 3 aliphatic rings. The average Bonchev–Trinajstić information content (AvgIpc) is 3.29. The number of aliphatic hydroxyl groups is 8. The van der Waals surface area contributed by atoms with Crippen molar-refractivity contribution < 1.29 is 69.3 Å². The molecule has 8 N–H and O–H groups in total. The third kappa shape index (κ3) is 5.81. The van der Waals surface area contributed by atoms with E-state index in [0.29, 0.717) is 0 Å². The van der Waals surface area contributed by atoms with Crippen LogP contribution in [0.15, 0.2) is 0 Å². The normalized spacial score (nSPS) is 48.3. The van der Waals surface area contributed by atoms with Gasteiger partial charge in [0.1, 0.15) is 61.0 Å². The van der Waals surface area contributed by atoms with Crippen LogP contribution in [0.25, 0.3) is 0 Å². The summed E-state index contributed by atoms with van der Waals surface area (Å²) in [7, 11) is 1.30. The summed E-state index contributed by atoms with van der Waals surface area (Å²) in [6, 6.07) is 0. The van der Waals surface area contributed by atoms with Crippen LogP contribution in [0.4, 0.5) is 0 Å². The second kappa shape index (κ2) is 12.3. The topological polar surface area (TPSA) is 217 Å². The molecule has 3 aliphatic heterocycles. The Morgan fingerprint density at radius 2 is 1.40 bits per heavy atom. The van der Waals surface area contributed by atoms with E-state index in [-0.39, 0.29) is 0 Å². The fourth-order valence-corrected chi connectivity index (χ4v) is 4.72. The molecule has 0 aliphatic carbocycles. The molecule has 35 heavy (non-hydrogen) atoms.